The first-order chi connectivity index (χ1) is 10.8. The van der Waals surface area contributed by atoms with Crippen molar-refractivity contribution < 1.29 is 0 Å². The topological polar surface area (TPSA) is 17.0 Å². The predicted molar refractivity (Wildman–Crippen MR) is 101 cm³/mol. The molecule has 0 atom stereocenters. The molecule has 1 aromatic heterocycles. The molecule has 123 valence electrons. The molecule has 0 saturated carbocycles. The number of fused-ring (bicyclic) bond motifs is 1. The summed E-state index contributed by atoms with van der Waals surface area (Å²) < 4.78 is 2.25. The number of benzene rings is 1. The summed E-state index contributed by atoms with van der Waals surface area (Å²) in [5.41, 5.74) is 7.41. The maximum Gasteiger partial charge on any atom is 0.195 e. The molecule has 1 aromatic carbocycles. The average Bonchev–Trinajstić information content (AvgIpc) is 2.69. The molecule has 1 aliphatic rings. The van der Waals surface area contributed by atoms with Crippen LogP contribution in [-0.2, 0) is 0 Å². The molecule has 3 rings (SSSR count). The fourth-order valence-corrected chi connectivity index (χ4v) is 4.68. The summed E-state index contributed by atoms with van der Waals surface area (Å²) in [6, 6.07) is 4.69. The molecule has 0 bridgehead atoms. The number of aromatic nitrogens is 1. The Bertz CT molecular complexity index is 721. The first kappa shape index (κ1) is 16.8. The second kappa shape index (κ2) is 6.10. The van der Waals surface area contributed by atoms with Gasteiger partial charge in [-0.15, -0.1) is 0 Å². The van der Waals surface area contributed by atoms with Crippen LogP contribution in [0, 0.1) is 0 Å². The minimum atomic E-state index is 0.506. The predicted octanol–water partition coefficient (Wildman–Crippen LogP) is 4.63. The van der Waals surface area contributed by atoms with Gasteiger partial charge in [-0.05, 0) is 40.5 Å². The second-order valence-corrected chi connectivity index (χ2v) is 8.36. The molecule has 2 heterocycles. The first-order valence-corrected chi connectivity index (χ1v) is 9.42. The van der Waals surface area contributed by atoms with Gasteiger partial charge in [0.2, 0.25) is 0 Å². The normalized spacial score (nSPS) is 16.1. The van der Waals surface area contributed by atoms with Gasteiger partial charge in [0.1, 0.15) is 0 Å². The number of rotatable bonds is 4. The lowest BCUT2D eigenvalue weighted by Gasteiger charge is -2.31. The molecule has 23 heavy (non-hydrogen) atoms. The van der Waals surface area contributed by atoms with Crippen molar-refractivity contribution in [2.24, 2.45) is 0 Å². The first-order valence-electron chi connectivity index (χ1n) is 8.97. The van der Waals surface area contributed by atoms with Gasteiger partial charge >= 0.3 is 0 Å². The molecule has 1 N–H and O–H groups in total. The van der Waals surface area contributed by atoms with Gasteiger partial charge < -0.3 is 9.55 Å². The minimum Gasteiger partial charge on any atom is -0.373 e. The lowest BCUT2D eigenvalue weighted by Crippen LogP contribution is -2.40. The van der Waals surface area contributed by atoms with E-state index >= 15 is 0 Å². The fourth-order valence-electron chi connectivity index (χ4n) is 4.11. The Morgan fingerprint density at radius 1 is 0.957 bits per heavy atom. The van der Waals surface area contributed by atoms with Crippen LogP contribution in [0.25, 0.3) is 10.9 Å². The van der Waals surface area contributed by atoms with Crippen LogP contribution in [0.1, 0.15) is 87.6 Å². The molecule has 3 radical (unpaired) electrons. The summed E-state index contributed by atoms with van der Waals surface area (Å²) in [7, 11) is 3.91. The Morgan fingerprint density at radius 2 is 1.57 bits per heavy atom. The highest BCUT2D eigenvalue weighted by molar-refractivity contribution is 6.13. The maximum absolute atomic E-state index is 3.91. The van der Waals surface area contributed by atoms with Gasteiger partial charge in [-0.3, -0.25) is 0 Å². The molecule has 0 aliphatic carbocycles. The fraction of sp³-hybridized carbons (Fsp3) is 0.600. The van der Waals surface area contributed by atoms with Crippen molar-refractivity contribution in [2.45, 2.75) is 65.2 Å². The molecule has 0 unspecified atom stereocenters. The molecular formula is C20H29N2Si. The van der Waals surface area contributed by atoms with Gasteiger partial charge in [-0.25, -0.2) is 0 Å². The van der Waals surface area contributed by atoms with Crippen LogP contribution >= 0.6 is 0 Å². The van der Waals surface area contributed by atoms with Crippen LogP contribution in [0.2, 0.25) is 0 Å². The van der Waals surface area contributed by atoms with Crippen molar-refractivity contribution in [1.29, 1.82) is 0 Å². The average molecular weight is 326 g/mol. The number of nitrogens with one attached hydrogen (secondary N) is 1. The Labute approximate surface area is 144 Å². The Morgan fingerprint density at radius 3 is 2.00 bits per heavy atom. The van der Waals surface area contributed by atoms with Crippen LogP contribution in [0.15, 0.2) is 12.1 Å². The zero-order valence-electron chi connectivity index (χ0n) is 15.3. The van der Waals surface area contributed by atoms with E-state index in [1.54, 1.807) is 11.1 Å². The highest BCUT2D eigenvalue weighted by atomic mass is 28.2. The van der Waals surface area contributed by atoms with Gasteiger partial charge in [0.15, 0.2) is 10.4 Å². The molecule has 1 aliphatic heterocycles. The van der Waals surface area contributed by atoms with Crippen molar-refractivity contribution in [1.82, 2.24) is 9.55 Å². The van der Waals surface area contributed by atoms with E-state index in [9.17, 15) is 0 Å². The highest BCUT2D eigenvalue weighted by Crippen LogP contribution is 2.42. The third-order valence-corrected chi connectivity index (χ3v) is 5.69. The van der Waals surface area contributed by atoms with E-state index in [-0.39, 0.29) is 0 Å². The summed E-state index contributed by atoms with van der Waals surface area (Å²) >= 11 is 0. The smallest absolute Gasteiger partial charge is 0.195 e. The molecule has 2 aromatic rings. The van der Waals surface area contributed by atoms with E-state index in [1.165, 1.54) is 22.2 Å². The van der Waals surface area contributed by atoms with E-state index in [0.29, 0.717) is 23.7 Å². The quantitative estimate of drug-likeness (QED) is 0.811. The Balaban J connectivity index is 2.40. The van der Waals surface area contributed by atoms with Gasteiger partial charge in [-0.1, -0.05) is 47.6 Å². The molecule has 2 nitrogen and oxygen atoms in total. The lowest BCUT2D eigenvalue weighted by molar-refractivity contribution is 0.445. The van der Waals surface area contributed by atoms with E-state index in [2.05, 4.69) is 73.6 Å². The maximum atomic E-state index is 3.91. The van der Waals surface area contributed by atoms with E-state index in [4.69, 9.17) is 0 Å². The summed E-state index contributed by atoms with van der Waals surface area (Å²) in [5, 5.41) is 4.93. The zero-order valence-corrected chi connectivity index (χ0v) is 16.3. The lowest BCUT2D eigenvalue weighted by atomic mass is 9.81. The zero-order chi connectivity index (χ0) is 16.9. The summed E-state index contributed by atoms with van der Waals surface area (Å²) in [6.07, 6.45) is 0. The number of nitrogens with zero attached hydrogens (tertiary/aromatic N) is 1. The van der Waals surface area contributed by atoms with Gasteiger partial charge in [-0.2, -0.15) is 0 Å². The van der Waals surface area contributed by atoms with Crippen molar-refractivity contribution >= 4 is 21.3 Å². The van der Waals surface area contributed by atoms with Gasteiger partial charge in [0, 0.05) is 35.6 Å². The SMILES string of the molecule is CC(C)c1c(C2CNC2)ccc2c1c(C(C)C)c(C(C)C)n2[Si]. The van der Waals surface area contributed by atoms with Crippen molar-refractivity contribution in [3.8, 4) is 0 Å². The molecular weight excluding hydrogens is 296 g/mol. The van der Waals surface area contributed by atoms with E-state index < -0.39 is 0 Å². The Kier molecular flexibility index (Phi) is 4.45. The summed E-state index contributed by atoms with van der Waals surface area (Å²) in [5.74, 6) is 2.25. The summed E-state index contributed by atoms with van der Waals surface area (Å²) in [6.45, 7) is 16.2. The Hall–Kier alpha value is -1.06. The molecule has 1 fully saturated rings. The molecule has 0 amide bonds. The number of hydrogen-bond donors (Lipinski definition) is 1. The van der Waals surface area contributed by atoms with Crippen LogP contribution in [-0.4, -0.2) is 27.7 Å². The highest BCUT2D eigenvalue weighted by Gasteiger charge is 2.28. The van der Waals surface area contributed by atoms with Crippen LogP contribution in [0.4, 0.5) is 0 Å². The third kappa shape index (κ3) is 2.58. The van der Waals surface area contributed by atoms with Crippen LogP contribution < -0.4 is 5.32 Å². The van der Waals surface area contributed by atoms with Crippen LogP contribution in [0.3, 0.4) is 0 Å². The molecule has 1 saturated heterocycles. The summed E-state index contributed by atoms with van der Waals surface area (Å²) in [4.78, 5) is 0. The van der Waals surface area contributed by atoms with Crippen molar-refractivity contribution in [2.75, 3.05) is 13.1 Å². The standard InChI is InChI=1S/C20H29N2Si/c1-11(2)17-15(14-9-21-10-14)7-8-16-19(17)18(12(3)4)20(13(5)6)22(16)23/h7-8,11-14,21H,9-10H2,1-6H3. The van der Waals surface area contributed by atoms with Gasteiger partial charge in [0.25, 0.3) is 0 Å². The minimum absolute atomic E-state index is 0.506. The molecule has 3 heteroatoms. The van der Waals surface area contributed by atoms with Crippen molar-refractivity contribution in [3.63, 3.8) is 0 Å². The van der Waals surface area contributed by atoms with E-state index in [0.717, 1.165) is 13.1 Å². The molecule has 0 spiro atoms. The number of hydrogen-bond acceptors (Lipinski definition) is 1. The largest absolute Gasteiger partial charge is 0.373 e. The monoisotopic (exact) mass is 325 g/mol. The van der Waals surface area contributed by atoms with Gasteiger partial charge in [0.05, 0.1) is 0 Å². The van der Waals surface area contributed by atoms with Crippen LogP contribution in [0.5, 0.6) is 0 Å². The van der Waals surface area contributed by atoms with Crippen molar-refractivity contribution in [3.05, 3.63) is 34.5 Å². The third-order valence-electron chi connectivity index (χ3n) is 5.21. The van der Waals surface area contributed by atoms with E-state index in [1.807, 2.05) is 0 Å². The second-order valence-electron chi connectivity index (χ2n) is 7.92.